The number of carboxylic acid groups (broad SMARTS) is 1. The number of allylic oxidation sites excluding steroid dienone is 18. The van der Waals surface area contributed by atoms with E-state index in [0.717, 1.165) is 77.0 Å². The van der Waals surface area contributed by atoms with Crippen molar-refractivity contribution in [2.75, 3.05) is 47.5 Å². The van der Waals surface area contributed by atoms with Crippen LogP contribution in [0.2, 0.25) is 0 Å². The maximum absolute atomic E-state index is 12.8. The monoisotopic (exact) mass is 935 g/mol. The zero-order valence-corrected chi connectivity index (χ0v) is 43.0. The summed E-state index contributed by atoms with van der Waals surface area (Å²) in [7, 11) is 5.93. The first-order valence-electron chi connectivity index (χ1n) is 26.1. The van der Waals surface area contributed by atoms with Crippen molar-refractivity contribution in [3.05, 3.63) is 109 Å². The lowest BCUT2D eigenvalue weighted by atomic mass is 10.0. The van der Waals surface area contributed by atoms with Crippen LogP contribution in [0.25, 0.3) is 0 Å². The SMILES string of the molecule is CC/C=C\C/C=C\C/C=C\C/C=C\C/C=C\CCCCCCCCCCCCCCCC(=O)OC(COC(=O)CC/C=C\C/C=C\C/C=C\C/C=C\CC)COC(OCC[N+](C)(C)C)C(=O)O. The summed E-state index contributed by atoms with van der Waals surface area (Å²) in [6.45, 7) is 4.54. The molecule has 0 aromatic rings. The van der Waals surface area contributed by atoms with E-state index in [1.54, 1.807) is 0 Å². The Labute approximate surface area is 409 Å². The third-order valence-corrected chi connectivity index (χ3v) is 10.5. The van der Waals surface area contributed by atoms with E-state index in [1.807, 2.05) is 33.3 Å². The number of rotatable bonds is 46. The molecular formula is C58H96NO8+. The summed E-state index contributed by atoms with van der Waals surface area (Å²) in [5.74, 6) is -2.13. The van der Waals surface area contributed by atoms with Gasteiger partial charge in [0.1, 0.15) is 13.2 Å². The van der Waals surface area contributed by atoms with Crippen LogP contribution in [-0.4, -0.2) is 87.4 Å². The highest BCUT2D eigenvalue weighted by molar-refractivity contribution is 5.71. The molecule has 0 saturated heterocycles. The number of carboxylic acids is 1. The summed E-state index contributed by atoms with van der Waals surface area (Å²) in [6, 6.07) is 0. The van der Waals surface area contributed by atoms with Crippen LogP contribution in [0.4, 0.5) is 0 Å². The summed E-state index contributed by atoms with van der Waals surface area (Å²) in [5.41, 5.74) is 0. The molecule has 67 heavy (non-hydrogen) atoms. The first-order chi connectivity index (χ1) is 32.6. The van der Waals surface area contributed by atoms with Crippen LogP contribution in [0.5, 0.6) is 0 Å². The molecular weight excluding hydrogens is 839 g/mol. The quantitative estimate of drug-likeness (QED) is 0.0211. The molecule has 0 aromatic carbocycles. The molecule has 380 valence electrons. The Kier molecular flexibility index (Phi) is 45.5. The average molecular weight is 935 g/mol. The fourth-order valence-corrected chi connectivity index (χ4v) is 6.58. The van der Waals surface area contributed by atoms with Crippen molar-refractivity contribution in [1.82, 2.24) is 0 Å². The summed E-state index contributed by atoms with van der Waals surface area (Å²) in [6.07, 6.45) is 63.3. The fraction of sp³-hybridized carbons (Fsp3) is 0.638. The molecule has 0 fully saturated rings. The molecule has 0 aliphatic rings. The predicted molar refractivity (Wildman–Crippen MR) is 281 cm³/mol. The predicted octanol–water partition coefficient (Wildman–Crippen LogP) is 14.8. The molecule has 2 atom stereocenters. The molecule has 0 radical (unpaired) electrons. The second-order valence-electron chi connectivity index (χ2n) is 18.1. The Morgan fingerprint density at radius 2 is 0.836 bits per heavy atom. The van der Waals surface area contributed by atoms with Crippen molar-refractivity contribution in [1.29, 1.82) is 0 Å². The molecule has 0 spiro atoms. The van der Waals surface area contributed by atoms with Gasteiger partial charge in [-0.25, -0.2) is 4.79 Å². The molecule has 2 unspecified atom stereocenters. The van der Waals surface area contributed by atoms with Crippen LogP contribution in [0.1, 0.15) is 181 Å². The smallest absolute Gasteiger partial charge is 0.361 e. The van der Waals surface area contributed by atoms with E-state index in [9.17, 15) is 19.5 Å². The Bertz CT molecular complexity index is 1460. The topological polar surface area (TPSA) is 108 Å². The number of unbranched alkanes of at least 4 members (excludes halogenated alkanes) is 13. The molecule has 0 rings (SSSR count). The van der Waals surface area contributed by atoms with Gasteiger partial charge in [0.25, 0.3) is 6.29 Å². The Balaban J connectivity index is 4.28. The van der Waals surface area contributed by atoms with Crippen LogP contribution < -0.4 is 0 Å². The van der Waals surface area contributed by atoms with E-state index in [0.29, 0.717) is 23.9 Å². The van der Waals surface area contributed by atoms with Gasteiger partial charge in [-0.15, -0.1) is 0 Å². The number of carbonyl (C=O) groups excluding carboxylic acids is 2. The first kappa shape index (κ1) is 63.0. The van der Waals surface area contributed by atoms with Crippen LogP contribution in [0.15, 0.2) is 109 Å². The minimum Gasteiger partial charge on any atom is -0.477 e. The first-order valence-corrected chi connectivity index (χ1v) is 26.1. The van der Waals surface area contributed by atoms with Gasteiger partial charge in [0, 0.05) is 12.8 Å². The van der Waals surface area contributed by atoms with Crippen LogP contribution in [0, 0.1) is 0 Å². The molecule has 9 nitrogen and oxygen atoms in total. The van der Waals surface area contributed by atoms with Gasteiger partial charge >= 0.3 is 17.9 Å². The standard InChI is InChI=1S/C58H95NO8/c1-6-8-10-12-14-16-18-20-21-22-23-24-25-26-27-28-29-30-31-32-33-34-35-37-39-41-43-45-47-49-56(61)67-54(53-66-58(57(62)63)64-51-50-59(3,4)5)52-65-55(60)48-46-44-42-40-38-36-19-17-15-13-11-9-7-2/h8-11,14-17,20-21,23-24,26-27,36,38,42,44,54,58H,6-7,12-13,18-19,22,25,28-35,37,39-41,43,45-53H2,1-5H3/p+1/b10-8-,11-9-,16-14-,17-15-,21-20-,24-23-,27-26-,38-36-,44-42-. The number of likely N-dealkylation sites (N-methyl/N-ethyl adjacent to an activating group) is 1. The van der Waals surface area contributed by atoms with Gasteiger partial charge in [-0.3, -0.25) is 9.59 Å². The molecule has 0 aliphatic carbocycles. The molecule has 0 aromatic heterocycles. The fourth-order valence-electron chi connectivity index (χ4n) is 6.58. The highest BCUT2D eigenvalue weighted by atomic mass is 16.7. The molecule has 0 bridgehead atoms. The van der Waals surface area contributed by atoms with Gasteiger partial charge in [-0.2, -0.15) is 0 Å². The Morgan fingerprint density at radius 1 is 0.448 bits per heavy atom. The van der Waals surface area contributed by atoms with Gasteiger partial charge in [0.05, 0.1) is 34.4 Å². The molecule has 0 amide bonds. The van der Waals surface area contributed by atoms with E-state index < -0.39 is 30.3 Å². The number of ether oxygens (including phenoxy) is 4. The zero-order chi connectivity index (χ0) is 49.2. The lowest BCUT2D eigenvalue weighted by molar-refractivity contribution is -0.870. The molecule has 0 heterocycles. The number of hydrogen-bond donors (Lipinski definition) is 1. The number of quaternary nitrogens is 1. The van der Waals surface area contributed by atoms with E-state index >= 15 is 0 Å². The Morgan fingerprint density at radius 3 is 1.25 bits per heavy atom. The summed E-state index contributed by atoms with van der Waals surface area (Å²) >= 11 is 0. The lowest BCUT2D eigenvalue weighted by Crippen LogP contribution is -2.40. The number of aliphatic carboxylic acids is 1. The maximum atomic E-state index is 12.8. The van der Waals surface area contributed by atoms with E-state index in [4.69, 9.17) is 18.9 Å². The third-order valence-electron chi connectivity index (χ3n) is 10.5. The van der Waals surface area contributed by atoms with Crippen LogP contribution in [-0.2, 0) is 33.3 Å². The zero-order valence-electron chi connectivity index (χ0n) is 43.0. The van der Waals surface area contributed by atoms with Gasteiger partial charge in [0.2, 0.25) is 0 Å². The van der Waals surface area contributed by atoms with Gasteiger partial charge in [0.15, 0.2) is 6.10 Å². The highest BCUT2D eigenvalue weighted by Crippen LogP contribution is 2.15. The minimum absolute atomic E-state index is 0.172. The van der Waals surface area contributed by atoms with Crippen molar-refractivity contribution < 1.29 is 42.9 Å². The second kappa shape index (κ2) is 48.4. The minimum atomic E-state index is -1.53. The van der Waals surface area contributed by atoms with Crippen molar-refractivity contribution in [2.45, 2.75) is 193 Å². The maximum Gasteiger partial charge on any atom is 0.361 e. The van der Waals surface area contributed by atoms with E-state index in [1.165, 1.54) is 64.2 Å². The van der Waals surface area contributed by atoms with Crippen molar-refractivity contribution in [3.63, 3.8) is 0 Å². The van der Waals surface area contributed by atoms with Crippen molar-refractivity contribution in [2.24, 2.45) is 0 Å². The summed E-state index contributed by atoms with van der Waals surface area (Å²) < 4.78 is 22.7. The number of hydrogen-bond acceptors (Lipinski definition) is 7. The largest absolute Gasteiger partial charge is 0.477 e. The van der Waals surface area contributed by atoms with Gasteiger partial charge < -0.3 is 28.5 Å². The van der Waals surface area contributed by atoms with Crippen molar-refractivity contribution in [3.8, 4) is 0 Å². The summed E-state index contributed by atoms with van der Waals surface area (Å²) in [4.78, 5) is 37.2. The number of carbonyl (C=O) groups is 3. The van der Waals surface area contributed by atoms with Crippen LogP contribution >= 0.6 is 0 Å². The normalized spacial score (nSPS) is 13.7. The number of nitrogens with zero attached hydrogens (tertiary/aromatic N) is 1. The van der Waals surface area contributed by atoms with Gasteiger partial charge in [-0.05, 0) is 83.5 Å². The van der Waals surface area contributed by atoms with Gasteiger partial charge in [-0.1, -0.05) is 194 Å². The third kappa shape index (κ3) is 49.7. The molecule has 9 heteroatoms. The average Bonchev–Trinajstić information content (AvgIpc) is 3.29. The van der Waals surface area contributed by atoms with Crippen LogP contribution in [0.3, 0.4) is 0 Å². The highest BCUT2D eigenvalue weighted by Gasteiger charge is 2.25. The van der Waals surface area contributed by atoms with E-state index in [-0.39, 0.29) is 32.7 Å². The molecule has 0 saturated carbocycles. The Hall–Kier alpha value is -4.05. The second-order valence-corrected chi connectivity index (χ2v) is 18.1. The molecule has 0 aliphatic heterocycles. The van der Waals surface area contributed by atoms with E-state index in [2.05, 4.69) is 111 Å². The molecule has 1 N–H and O–H groups in total. The van der Waals surface area contributed by atoms with Crippen molar-refractivity contribution >= 4 is 17.9 Å². The lowest BCUT2D eigenvalue weighted by Gasteiger charge is -2.25. The summed E-state index contributed by atoms with van der Waals surface area (Å²) in [5, 5.41) is 9.66. The number of esters is 2.